The van der Waals surface area contributed by atoms with Crippen molar-refractivity contribution < 1.29 is 8.42 Å². The van der Waals surface area contributed by atoms with Crippen molar-refractivity contribution in [3.63, 3.8) is 0 Å². The van der Waals surface area contributed by atoms with Crippen LogP contribution in [0.3, 0.4) is 0 Å². The number of nitrogens with two attached hydrogens (primary N) is 1. The summed E-state index contributed by atoms with van der Waals surface area (Å²) in [6, 6.07) is 3.49. The fraction of sp³-hybridized carbons (Fsp3) is 0.500. The first kappa shape index (κ1) is 14.8. The third-order valence-electron chi connectivity index (χ3n) is 2.54. The van der Waals surface area contributed by atoms with Gasteiger partial charge in [-0.2, -0.15) is 13.1 Å². The lowest BCUT2D eigenvalue weighted by Crippen LogP contribution is -2.33. The number of benzene rings is 1. The first-order valence-electron chi connectivity index (χ1n) is 5.85. The van der Waals surface area contributed by atoms with Crippen molar-refractivity contribution in [1.82, 2.24) is 4.72 Å². The molecule has 1 aromatic carbocycles. The Hall–Kier alpha value is -1.27. The molecular formula is C12H21N3O2S. The first-order valence-corrected chi connectivity index (χ1v) is 7.33. The molecule has 0 aliphatic carbocycles. The summed E-state index contributed by atoms with van der Waals surface area (Å²) in [7, 11) is -3.52. The van der Waals surface area contributed by atoms with Crippen LogP contribution >= 0.6 is 0 Å². The highest BCUT2D eigenvalue weighted by atomic mass is 32.2. The molecule has 4 N–H and O–H groups in total. The average molecular weight is 271 g/mol. The zero-order chi connectivity index (χ0) is 13.9. The maximum atomic E-state index is 11.8. The van der Waals surface area contributed by atoms with Crippen molar-refractivity contribution in [2.24, 2.45) is 5.92 Å². The van der Waals surface area contributed by atoms with E-state index in [0.29, 0.717) is 17.9 Å². The van der Waals surface area contributed by atoms with Crippen LogP contribution in [-0.4, -0.2) is 15.0 Å². The standard InChI is InChI=1S/C12H21N3O2S/c1-8(2)7-14-18(16,17)15-12-6-9(3)11(13)5-10(12)4/h5-6,8,14-15H,7,13H2,1-4H3. The van der Waals surface area contributed by atoms with Gasteiger partial charge < -0.3 is 5.73 Å². The van der Waals surface area contributed by atoms with Gasteiger partial charge in [-0.3, -0.25) is 4.72 Å². The van der Waals surface area contributed by atoms with E-state index in [-0.39, 0.29) is 5.92 Å². The minimum absolute atomic E-state index is 0.260. The molecule has 0 spiro atoms. The summed E-state index contributed by atoms with van der Waals surface area (Å²) in [5, 5.41) is 0. The van der Waals surface area contributed by atoms with Gasteiger partial charge in [-0.25, -0.2) is 0 Å². The van der Waals surface area contributed by atoms with E-state index in [1.165, 1.54) is 0 Å². The molecular weight excluding hydrogens is 250 g/mol. The Morgan fingerprint density at radius 3 is 2.39 bits per heavy atom. The van der Waals surface area contributed by atoms with Gasteiger partial charge in [0.15, 0.2) is 0 Å². The Bertz CT molecular complexity index is 524. The summed E-state index contributed by atoms with van der Waals surface area (Å²) >= 11 is 0. The highest BCUT2D eigenvalue weighted by Crippen LogP contribution is 2.22. The van der Waals surface area contributed by atoms with Crippen molar-refractivity contribution >= 4 is 21.6 Å². The van der Waals surface area contributed by atoms with E-state index in [1.807, 2.05) is 27.7 Å². The number of anilines is 2. The minimum Gasteiger partial charge on any atom is -0.399 e. The van der Waals surface area contributed by atoms with Gasteiger partial charge in [0.25, 0.3) is 10.2 Å². The van der Waals surface area contributed by atoms with Crippen molar-refractivity contribution in [2.45, 2.75) is 27.7 Å². The molecule has 0 bridgehead atoms. The van der Waals surface area contributed by atoms with Gasteiger partial charge in [-0.05, 0) is 43.0 Å². The molecule has 0 aliphatic rings. The highest BCUT2D eigenvalue weighted by Gasteiger charge is 2.12. The zero-order valence-electron chi connectivity index (χ0n) is 11.2. The van der Waals surface area contributed by atoms with E-state index in [2.05, 4.69) is 9.44 Å². The molecule has 0 saturated heterocycles. The van der Waals surface area contributed by atoms with Crippen molar-refractivity contribution in [3.8, 4) is 0 Å². The molecule has 0 radical (unpaired) electrons. The van der Waals surface area contributed by atoms with Gasteiger partial charge in [-0.15, -0.1) is 0 Å². The molecule has 0 amide bonds. The Labute approximate surface area is 109 Å². The predicted molar refractivity (Wildman–Crippen MR) is 75.7 cm³/mol. The molecule has 0 atom stereocenters. The SMILES string of the molecule is Cc1cc(NS(=O)(=O)NCC(C)C)c(C)cc1N. The summed E-state index contributed by atoms with van der Waals surface area (Å²) in [6.45, 7) is 7.95. The van der Waals surface area contributed by atoms with E-state index in [0.717, 1.165) is 11.1 Å². The van der Waals surface area contributed by atoms with Crippen molar-refractivity contribution in [1.29, 1.82) is 0 Å². The van der Waals surface area contributed by atoms with Crippen LogP contribution < -0.4 is 15.2 Å². The van der Waals surface area contributed by atoms with Crippen LogP contribution in [0, 0.1) is 19.8 Å². The molecule has 102 valence electrons. The van der Waals surface area contributed by atoms with E-state index >= 15 is 0 Å². The molecule has 0 fully saturated rings. The highest BCUT2D eigenvalue weighted by molar-refractivity contribution is 7.90. The number of hydrogen-bond acceptors (Lipinski definition) is 3. The molecule has 0 saturated carbocycles. The Morgan fingerprint density at radius 2 is 1.83 bits per heavy atom. The van der Waals surface area contributed by atoms with Crippen LogP contribution in [0.5, 0.6) is 0 Å². The molecule has 0 unspecified atom stereocenters. The van der Waals surface area contributed by atoms with E-state index in [9.17, 15) is 8.42 Å². The summed E-state index contributed by atoms with van der Waals surface area (Å²) in [6.07, 6.45) is 0. The molecule has 0 heterocycles. The fourth-order valence-electron chi connectivity index (χ4n) is 1.41. The average Bonchev–Trinajstić information content (AvgIpc) is 2.23. The van der Waals surface area contributed by atoms with Gasteiger partial charge in [0.1, 0.15) is 0 Å². The van der Waals surface area contributed by atoms with E-state index in [4.69, 9.17) is 5.73 Å². The smallest absolute Gasteiger partial charge is 0.299 e. The lowest BCUT2D eigenvalue weighted by molar-refractivity contribution is 0.565. The van der Waals surface area contributed by atoms with E-state index < -0.39 is 10.2 Å². The van der Waals surface area contributed by atoms with E-state index in [1.54, 1.807) is 12.1 Å². The molecule has 6 heteroatoms. The second kappa shape index (κ2) is 5.58. The normalized spacial score (nSPS) is 11.8. The van der Waals surface area contributed by atoms with Crippen LogP contribution in [0.1, 0.15) is 25.0 Å². The van der Waals surface area contributed by atoms with Gasteiger partial charge in [-0.1, -0.05) is 13.8 Å². The second-order valence-corrected chi connectivity index (χ2v) is 6.37. The van der Waals surface area contributed by atoms with Gasteiger partial charge >= 0.3 is 0 Å². The summed E-state index contributed by atoms with van der Waals surface area (Å²) in [4.78, 5) is 0. The Balaban J connectivity index is 2.87. The van der Waals surface area contributed by atoms with Crippen LogP contribution in [0.15, 0.2) is 12.1 Å². The Kier molecular flexibility index (Phi) is 4.59. The summed E-state index contributed by atoms with van der Waals surface area (Å²) in [5.74, 6) is 0.260. The second-order valence-electron chi connectivity index (χ2n) is 4.87. The number of nitrogen functional groups attached to an aromatic ring is 1. The minimum atomic E-state index is -3.52. The molecule has 0 aliphatic heterocycles. The topological polar surface area (TPSA) is 84.2 Å². The third kappa shape index (κ3) is 4.19. The Morgan fingerprint density at radius 1 is 1.22 bits per heavy atom. The number of hydrogen-bond donors (Lipinski definition) is 3. The maximum absolute atomic E-state index is 11.8. The number of rotatable bonds is 5. The van der Waals surface area contributed by atoms with Crippen molar-refractivity contribution in [2.75, 3.05) is 17.0 Å². The van der Waals surface area contributed by atoms with Crippen LogP contribution in [0.4, 0.5) is 11.4 Å². The van der Waals surface area contributed by atoms with Crippen molar-refractivity contribution in [3.05, 3.63) is 23.3 Å². The molecule has 0 aromatic heterocycles. The third-order valence-corrected chi connectivity index (χ3v) is 3.57. The lowest BCUT2D eigenvalue weighted by Gasteiger charge is -2.14. The van der Waals surface area contributed by atoms with Crippen LogP contribution in [0.2, 0.25) is 0 Å². The molecule has 18 heavy (non-hydrogen) atoms. The fourth-order valence-corrected chi connectivity index (χ4v) is 2.54. The number of nitrogens with one attached hydrogen (secondary N) is 2. The predicted octanol–water partition coefficient (Wildman–Crippen LogP) is 1.79. The number of aryl methyl sites for hydroxylation is 2. The summed E-state index contributed by atoms with van der Waals surface area (Å²) < 4.78 is 28.6. The molecule has 1 aromatic rings. The monoisotopic (exact) mass is 271 g/mol. The zero-order valence-corrected chi connectivity index (χ0v) is 12.1. The van der Waals surface area contributed by atoms with Gasteiger partial charge in [0.2, 0.25) is 0 Å². The maximum Gasteiger partial charge on any atom is 0.299 e. The first-order chi connectivity index (χ1) is 8.21. The van der Waals surface area contributed by atoms with Gasteiger partial charge in [0.05, 0.1) is 5.69 Å². The quantitative estimate of drug-likeness (QED) is 0.714. The largest absolute Gasteiger partial charge is 0.399 e. The molecule has 1 rings (SSSR count). The molecule has 5 nitrogen and oxygen atoms in total. The lowest BCUT2D eigenvalue weighted by atomic mass is 10.1. The van der Waals surface area contributed by atoms with Crippen LogP contribution in [-0.2, 0) is 10.2 Å². The summed E-state index contributed by atoms with van der Waals surface area (Å²) in [5.41, 5.74) is 8.62. The van der Waals surface area contributed by atoms with Gasteiger partial charge in [0, 0.05) is 12.2 Å². The van der Waals surface area contributed by atoms with Crippen LogP contribution in [0.25, 0.3) is 0 Å².